The first-order valence-corrected chi connectivity index (χ1v) is 9.97. The van der Waals surface area contributed by atoms with Gasteiger partial charge < -0.3 is 14.2 Å². The van der Waals surface area contributed by atoms with Gasteiger partial charge in [-0.1, -0.05) is 0 Å². The van der Waals surface area contributed by atoms with Crippen molar-refractivity contribution in [3.05, 3.63) is 58.8 Å². The number of carbonyl (C=O) groups excluding carboxylic acids is 4. The first-order valence-electron chi connectivity index (χ1n) is 9.59. The number of quaternary nitrogens is 1. The van der Waals surface area contributed by atoms with Gasteiger partial charge >= 0.3 is 29.0 Å². The molecule has 0 saturated carbocycles. The highest BCUT2D eigenvalue weighted by Gasteiger charge is 2.75. The number of rotatable bonds is 6. The normalized spacial score (nSPS) is 24.7. The Morgan fingerprint density at radius 2 is 1.82 bits per heavy atom. The highest BCUT2D eigenvalue weighted by atomic mass is 35.5. The lowest BCUT2D eigenvalue weighted by Crippen LogP contribution is -2.76. The van der Waals surface area contributed by atoms with Gasteiger partial charge in [0.05, 0.1) is 25.0 Å². The van der Waals surface area contributed by atoms with Crippen molar-refractivity contribution < 1.29 is 32.5 Å². The smallest absolute Gasteiger partial charge is 0.449 e. The molecule has 0 aromatic carbocycles. The number of halogens is 1. The summed E-state index contributed by atoms with van der Waals surface area (Å²) in [6, 6.07) is 2.90. The minimum Gasteiger partial charge on any atom is -0.463 e. The number of imide groups is 1. The van der Waals surface area contributed by atoms with Crippen LogP contribution in [-0.2, 0) is 4.79 Å². The molecule has 34 heavy (non-hydrogen) atoms. The number of nitrogens with one attached hydrogen (secondary N) is 1. The molecule has 0 spiro atoms. The molecule has 2 fully saturated rings. The van der Waals surface area contributed by atoms with Gasteiger partial charge in [0.2, 0.25) is 0 Å². The Hall–Kier alpha value is -4.46. The Labute approximate surface area is 195 Å². The Balaban J connectivity index is 1.83. The largest absolute Gasteiger partial charge is 0.463 e. The molecule has 2 aliphatic rings. The van der Waals surface area contributed by atoms with E-state index in [1.807, 2.05) is 0 Å². The molecule has 0 aliphatic carbocycles. The van der Waals surface area contributed by atoms with Gasteiger partial charge in [-0.15, -0.1) is 9.49 Å². The van der Waals surface area contributed by atoms with Gasteiger partial charge in [0, 0.05) is 10.0 Å². The van der Waals surface area contributed by atoms with Crippen molar-refractivity contribution in [2.24, 2.45) is 15.3 Å². The molecule has 2 unspecified atom stereocenters. The Morgan fingerprint density at radius 1 is 1.18 bits per heavy atom. The van der Waals surface area contributed by atoms with Gasteiger partial charge in [0.15, 0.2) is 0 Å². The van der Waals surface area contributed by atoms with E-state index in [9.17, 15) is 19.2 Å². The van der Waals surface area contributed by atoms with Crippen LogP contribution < -0.4 is 5.32 Å². The highest BCUT2D eigenvalue weighted by Crippen LogP contribution is 2.40. The number of carbonyl (C=O) groups is 4. The zero-order valence-corrected chi connectivity index (χ0v) is 17.9. The molecular formula is C18H15ClN9O6+. The number of hydrazone groups is 2. The average Bonchev–Trinajstić information content (AvgIpc) is 3.60. The fourth-order valence-electron chi connectivity index (χ4n) is 3.77. The monoisotopic (exact) mass is 488 g/mol. The minimum absolute atomic E-state index is 0.182. The molecule has 6 amide bonds. The van der Waals surface area contributed by atoms with Crippen LogP contribution in [-0.4, -0.2) is 75.6 Å². The second-order valence-electron chi connectivity index (χ2n) is 6.99. The van der Waals surface area contributed by atoms with E-state index in [-0.39, 0.29) is 12.3 Å². The van der Waals surface area contributed by atoms with Crippen LogP contribution in [0.1, 0.15) is 11.5 Å². The SMILES string of the molecule is [N-]=[N+]=NC(=O)[N+]1(C2(C(=O)Cl)CNC(=O)N2N=Cc2ccco2)CCN(N=Cc2ccco2)C1=O. The zero-order valence-electron chi connectivity index (χ0n) is 17.1. The maximum absolute atomic E-state index is 13.6. The summed E-state index contributed by atoms with van der Waals surface area (Å²) in [5, 5.41) is 13.6. The summed E-state index contributed by atoms with van der Waals surface area (Å²) in [7, 11) is 0. The van der Waals surface area contributed by atoms with Gasteiger partial charge in [-0.25, -0.2) is 14.4 Å². The van der Waals surface area contributed by atoms with Crippen molar-refractivity contribution in [3.63, 3.8) is 0 Å². The van der Waals surface area contributed by atoms with Gasteiger partial charge in [0.1, 0.15) is 31.2 Å². The third-order valence-electron chi connectivity index (χ3n) is 5.34. The summed E-state index contributed by atoms with van der Waals surface area (Å²) in [6.45, 7) is -1.18. The maximum atomic E-state index is 13.6. The van der Waals surface area contributed by atoms with Crippen molar-refractivity contribution >= 4 is 47.4 Å². The van der Waals surface area contributed by atoms with E-state index in [4.69, 9.17) is 26.0 Å². The number of amides is 6. The average molecular weight is 489 g/mol. The van der Waals surface area contributed by atoms with Gasteiger partial charge in [-0.2, -0.15) is 15.2 Å². The number of hydrogen-bond acceptors (Lipinski definition) is 8. The second kappa shape index (κ2) is 8.82. The molecule has 2 atom stereocenters. The van der Waals surface area contributed by atoms with Crippen LogP contribution in [0, 0.1) is 0 Å². The van der Waals surface area contributed by atoms with Crippen molar-refractivity contribution in [3.8, 4) is 0 Å². The Kier molecular flexibility index (Phi) is 5.89. The molecule has 2 aliphatic heterocycles. The van der Waals surface area contributed by atoms with Crippen molar-refractivity contribution in [2.75, 3.05) is 19.6 Å². The predicted molar refractivity (Wildman–Crippen MR) is 113 cm³/mol. The third kappa shape index (κ3) is 3.40. The van der Waals surface area contributed by atoms with E-state index in [2.05, 4.69) is 25.5 Å². The lowest BCUT2D eigenvalue weighted by molar-refractivity contribution is -0.815. The molecule has 2 aromatic rings. The summed E-state index contributed by atoms with van der Waals surface area (Å²) >= 11 is 5.95. The van der Waals surface area contributed by atoms with Crippen LogP contribution in [0.4, 0.5) is 14.4 Å². The summed E-state index contributed by atoms with van der Waals surface area (Å²) in [6.07, 6.45) is 5.06. The second-order valence-corrected chi connectivity index (χ2v) is 7.34. The first kappa shape index (κ1) is 22.7. The molecule has 2 aromatic heterocycles. The van der Waals surface area contributed by atoms with E-state index < -0.39 is 46.6 Å². The van der Waals surface area contributed by atoms with Crippen molar-refractivity contribution in [1.82, 2.24) is 15.3 Å². The molecule has 4 rings (SSSR count). The van der Waals surface area contributed by atoms with Gasteiger partial charge in [-0.3, -0.25) is 4.79 Å². The molecule has 0 radical (unpaired) electrons. The van der Waals surface area contributed by atoms with E-state index in [0.717, 1.165) is 11.2 Å². The van der Waals surface area contributed by atoms with Gasteiger partial charge in [-0.05, 0) is 41.4 Å². The molecule has 1 N–H and O–H groups in total. The van der Waals surface area contributed by atoms with Crippen LogP contribution in [0.15, 0.2) is 60.9 Å². The van der Waals surface area contributed by atoms with Crippen LogP contribution in [0.25, 0.3) is 10.4 Å². The first-order chi connectivity index (χ1) is 16.4. The summed E-state index contributed by atoms with van der Waals surface area (Å²) in [5.74, 6) is 0.519. The van der Waals surface area contributed by atoms with Crippen LogP contribution in [0.2, 0.25) is 0 Å². The molecular weight excluding hydrogens is 474 g/mol. The van der Waals surface area contributed by atoms with Crippen LogP contribution in [0.5, 0.6) is 0 Å². The fraction of sp³-hybridized carbons (Fsp3) is 0.222. The zero-order chi connectivity index (χ0) is 24.3. The molecule has 174 valence electrons. The summed E-state index contributed by atoms with van der Waals surface area (Å²) in [5.41, 5.74) is 6.49. The summed E-state index contributed by atoms with van der Waals surface area (Å²) in [4.78, 5) is 54.7. The quantitative estimate of drug-likeness (QED) is 0.162. The topological polar surface area (TPSA) is 187 Å². The molecule has 4 heterocycles. The minimum atomic E-state index is -2.42. The third-order valence-corrected chi connectivity index (χ3v) is 5.64. The number of nitrogens with zero attached hydrogens (tertiary/aromatic N) is 8. The van der Waals surface area contributed by atoms with Crippen LogP contribution >= 0.6 is 11.6 Å². The fourth-order valence-corrected chi connectivity index (χ4v) is 4.06. The number of azide groups is 1. The van der Waals surface area contributed by atoms with E-state index in [0.29, 0.717) is 10.8 Å². The van der Waals surface area contributed by atoms with E-state index >= 15 is 0 Å². The Morgan fingerprint density at radius 3 is 2.38 bits per heavy atom. The lowest BCUT2D eigenvalue weighted by Gasteiger charge is -2.41. The van der Waals surface area contributed by atoms with Crippen molar-refractivity contribution in [1.29, 1.82) is 0 Å². The molecule has 0 bridgehead atoms. The van der Waals surface area contributed by atoms with Gasteiger partial charge in [0.25, 0.3) is 0 Å². The number of urea groups is 3. The molecule has 16 heteroatoms. The number of furan rings is 2. The Bertz CT molecular complexity index is 1240. The van der Waals surface area contributed by atoms with Crippen LogP contribution in [0.3, 0.4) is 0 Å². The van der Waals surface area contributed by atoms with Crippen molar-refractivity contribution in [2.45, 2.75) is 5.66 Å². The number of hydrogen-bond donors (Lipinski definition) is 1. The van der Waals surface area contributed by atoms with E-state index in [1.165, 1.54) is 24.8 Å². The summed E-state index contributed by atoms with van der Waals surface area (Å²) < 4.78 is 8.78. The standard InChI is InChI=1S/C18H14ClN9O6/c19-14(29)18(11-21-15(30)27(18)23-10-13-4-2-8-34-13)28(16(31)24-25-20)6-5-26(17(28)32)22-9-12-3-1-7-33-12/h1-4,7-10H,5-6,11H2/p+1. The highest BCUT2D eigenvalue weighted by molar-refractivity contribution is 6.65. The predicted octanol–water partition coefficient (Wildman–Crippen LogP) is 2.41. The molecule has 15 nitrogen and oxygen atoms in total. The lowest BCUT2D eigenvalue weighted by atomic mass is 10.1. The molecule has 2 saturated heterocycles. The maximum Gasteiger partial charge on any atom is 0.449 e. The van der Waals surface area contributed by atoms with E-state index in [1.54, 1.807) is 18.2 Å².